The summed E-state index contributed by atoms with van der Waals surface area (Å²) in [5.74, 6) is -0.140. The average molecular weight is 401 g/mol. The molecule has 1 saturated heterocycles. The molecule has 2 aromatic rings. The third-order valence-corrected chi connectivity index (χ3v) is 6.50. The topological polar surface area (TPSA) is 70.1 Å². The molecule has 8 heteroatoms. The van der Waals surface area contributed by atoms with Crippen LogP contribution in [0.3, 0.4) is 0 Å². The minimum absolute atomic E-state index is 0.0143. The first-order valence-electron chi connectivity index (χ1n) is 9.07. The fourth-order valence-electron chi connectivity index (χ4n) is 3.83. The molecule has 0 aromatic heterocycles. The van der Waals surface area contributed by atoms with E-state index in [9.17, 15) is 17.6 Å². The van der Waals surface area contributed by atoms with E-state index in [1.54, 1.807) is 47.2 Å². The highest BCUT2D eigenvalue weighted by Gasteiger charge is 2.34. The zero-order valence-electron chi connectivity index (χ0n) is 15.4. The van der Waals surface area contributed by atoms with Crippen LogP contribution in [0.2, 0.25) is 0 Å². The lowest BCUT2D eigenvalue weighted by molar-refractivity contribution is -0.132. The normalized spacial score (nSPS) is 20.0. The van der Waals surface area contributed by atoms with Gasteiger partial charge in [-0.05, 0) is 42.7 Å². The Bertz CT molecular complexity index is 1050. The summed E-state index contributed by atoms with van der Waals surface area (Å²) in [7, 11) is -2.06. The summed E-state index contributed by atoms with van der Waals surface area (Å²) in [5.41, 5.74) is 1.41. The first kappa shape index (κ1) is 18.6. The van der Waals surface area contributed by atoms with Gasteiger partial charge in [0.2, 0.25) is 5.91 Å². The molecule has 2 aliphatic rings. The van der Waals surface area contributed by atoms with Gasteiger partial charge in [0.1, 0.15) is 10.7 Å². The number of hydrogen-bond acceptors (Lipinski definition) is 4. The lowest BCUT2D eigenvalue weighted by Gasteiger charge is -2.28. The molecule has 0 N–H and O–H groups in total. The van der Waals surface area contributed by atoms with Crippen LogP contribution in [-0.4, -0.2) is 50.1 Å². The van der Waals surface area contributed by atoms with Gasteiger partial charge in [-0.2, -0.15) is 8.42 Å². The lowest BCUT2D eigenvalue weighted by Crippen LogP contribution is -2.40. The van der Waals surface area contributed by atoms with Gasteiger partial charge in [-0.3, -0.25) is 4.79 Å². The molecule has 0 radical (unpaired) electrons. The molecule has 0 aliphatic carbocycles. The van der Waals surface area contributed by atoms with E-state index in [0.717, 1.165) is 18.4 Å². The number of carbonyl (C=O) groups excluding carboxylic acids is 1. The SMILES string of the molecule is CN(CC(=O)N1CCCC1c1ccc(F)cc1)C1=NS(=O)(=O)c2ccccc21. The zero-order chi connectivity index (χ0) is 19.9. The first-order valence-corrected chi connectivity index (χ1v) is 10.5. The van der Waals surface area contributed by atoms with Crippen molar-refractivity contribution in [1.82, 2.24) is 9.80 Å². The molecule has 2 heterocycles. The summed E-state index contributed by atoms with van der Waals surface area (Å²) < 4.78 is 41.5. The third-order valence-electron chi connectivity index (χ3n) is 5.17. The van der Waals surface area contributed by atoms with E-state index in [1.165, 1.54) is 18.2 Å². The predicted molar refractivity (Wildman–Crippen MR) is 103 cm³/mol. The maximum absolute atomic E-state index is 13.2. The molecule has 6 nitrogen and oxygen atoms in total. The number of carbonyl (C=O) groups is 1. The second-order valence-electron chi connectivity index (χ2n) is 7.04. The Morgan fingerprint density at radius 2 is 1.93 bits per heavy atom. The zero-order valence-corrected chi connectivity index (χ0v) is 16.2. The maximum atomic E-state index is 13.2. The van der Waals surface area contributed by atoms with Crippen molar-refractivity contribution in [2.45, 2.75) is 23.8 Å². The van der Waals surface area contributed by atoms with Crippen molar-refractivity contribution < 1.29 is 17.6 Å². The smallest absolute Gasteiger partial charge is 0.285 e. The average Bonchev–Trinajstić information content (AvgIpc) is 3.26. The number of amidine groups is 1. The highest BCUT2D eigenvalue weighted by atomic mass is 32.2. The summed E-state index contributed by atoms with van der Waals surface area (Å²) >= 11 is 0. The van der Waals surface area contributed by atoms with E-state index in [2.05, 4.69) is 4.40 Å². The largest absolute Gasteiger partial charge is 0.349 e. The van der Waals surface area contributed by atoms with E-state index in [0.29, 0.717) is 12.1 Å². The van der Waals surface area contributed by atoms with Crippen LogP contribution in [0.25, 0.3) is 0 Å². The highest BCUT2D eigenvalue weighted by molar-refractivity contribution is 7.90. The molecule has 28 heavy (non-hydrogen) atoms. The van der Waals surface area contributed by atoms with E-state index < -0.39 is 10.0 Å². The number of halogens is 1. The van der Waals surface area contributed by atoms with Crippen LogP contribution < -0.4 is 0 Å². The number of fused-ring (bicyclic) bond motifs is 1. The highest BCUT2D eigenvalue weighted by Crippen LogP contribution is 2.32. The number of nitrogens with zero attached hydrogens (tertiary/aromatic N) is 3. The molecule has 146 valence electrons. The minimum Gasteiger partial charge on any atom is -0.349 e. The molecule has 0 saturated carbocycles. The Kier molecular flexibility index (Phi) is 4.66. The summed E-state index contributed by atoms with van der Waals surface area (Å²) in [5, 5.41) is 0. The summed E-state index contributed by atoms with van der Waals surface area (Å²) in [6.45, 7) is 0.635. The Labute approximate surface area is 163 Å². The second kappa shape index (κ2) is 7.01. The third kappa shape index (κ3) is 3.28. The number of likely N-dealkylation sites (N-methyl/N-ethyl adjacent to an activating group) is 1. The van der Waals surface area contributed by atoms with Crippen LogP contribution in [0.15, 0.2) is 57.8 Å². The van der Waals surface area contributed by atoms with Gasteiger partial charge >= 0.3 is 0 Å². The number of amides is 1. The molecule has 2 aliphatic heterocycles. The molecule has 1 unspecified atom stereocenters. The Balaban J connectivity index is 1.53. The van der Waals surface area contributed by atoms with Crippen LogP contribution in [0.4, 0.5) is 4.39 Å². The van der Waals surface area contributed by atoms with Gasteiger partial charge in [0.05, 0.1) is 12.6 Å². The summed E-state index contributed by atoms with van der Waals surface area (Å²) in [6.07, 6.45) is 1.69. The van der Waals surface area contributed by atoms with Crippen molar-refractivity contribution in [3.8, 4) is 0 Å². The molecular formula is C20H20FN3O3S. The van der Waals surface area contributed by atoms with Crippen molar-refractivity contribution in [2.75, 3.05) is 20.1 Å². The number of likely N-dealkylation sites (tertiary alicyclic amines) is 1. The molecule has 0 bridgehead atoms. The first-order chi connectivity index (χ1) is 13.4. The number of hydrogen-bond donors (Lipinski definition) is 0. The molecule has 0 spiro atoms. The molecular weight excluding hydrogens is 381 g/mol. The molecule has 1 atom stereocenters. The minimum atomic E-state index is -3.73. The summed E-state index contributed by atoms with van der Waals surface area (Å²) in [6, 6.07) is 12.7. The fourth-order valence-corrected chi connectivity index (χ4v) is 5.08. The Morgan fingerprint density at radius 3 is 2.68 bits per heavy atom. The van der Waals surface area contributed by atoms with Gasteiger partial charge in [-0.1, -0.05) is 24.3 Å². The van der Waals surface area contributed by atoms with Gasteiger partial charge < -0.3 is 9.80 Å². The van der Waals surface area contributed by atoms with Crippen molar-refractivity contribution in [3.05, 3.63) is 65.5 Å². The van der Waals surface area contributed by atoms with Crippen LogP contribution in [0.1, 0.15) is 30.0 Å². The second-order valence-corrected chi connectivity index (χ2v) is 8.61. The number of sulfonamides is 1. The van der Waals surface area contributed by atoms with Crippen molar-refractivity contribution in [3.63, 3.8) is 0 Å². The Morgan fingerprint density at radius 1 is 1.21 bits per heavy atom. The molecule has 2 aromatic carbocycles. The number of rotatable bonds is 3. The van der Waals surface area contributed by atoms with Crippen molar-refractivity contribution in [1.29, 1.82) is 0 Å². The standard InChI is InChI=1S/C20H20FN3O3S/c1-23(20-16-5-2-3-7-18(16)28(26,27)22-20)13-19(25)24-12-4-6-17(24)14-8-10-15(21)11-9-14/h2-3,5,7-11,17H,4,6,12-13H2,1H3. The number of benzene rings is 2. The van der Waals surface area contributed by atoms with Gasteiger partial charge in [0, 0.05) is 19.2 Å². The molecule has 4 rings (SSSR count). The van der Waals surface area contributed by atoms with Crippen LogP contribution in [-0.2, 0) is 14.8 Å². The molecule has 1 fully saturated rings. The van der Waals surface area contributed by atoms with Crippen LogP contribution in [0, 0.1) is 5.82 Å². The quantitative estimate of drug-likeness (QED) is 0.793. The van der Waals surface area contributed by atoms with Crippen molar-refractivity contribution in [2.24, 2.45) is 4.40 Å². The lowest BCUT2D eigenvalue weighted by atomic mass is 10.0. The monoisotopic (exact) mass is 401 g/mol. The van der Waals surface area contributed by atoms with Crippen molar-refractivity contribution >= 4 is 21.8 Å². The van der Waals surface area contributed by atoms with E-state index >= 15 is 0 Å². The van der Waals surface area contributed by atoms with Gasteiger partial charge in [-0.15, -0.1) is 4.40 Å². The fraction of sp³-hybridized carbons (Fsp3) is 0.300. The molecule has 1 amide bonds. The van der Waals surface area contributed by atoms with E-state index in [-0.39, 0.29) is 35.0 Å². The predicted octanol–water partition coefficient (Wildman–Crippen LogP) is 2.57. The van der Waals surface area contributed by atoms with E-state index in [4.69, 9.17) is 0 Å². The van der Waals surface area contributed by atoms with Crippen LogP contribution in [0.5, 0.6) is 0 Å². The van der Waals surface area contributed by atoms with Gasteiger partial charge in [-0.25, -0.2) is 4.39 Å². The van der Waals surface area contributed by atoms with Gasteiger partial charge in [0.15, 0.2) is 5.84 Å². The Hall–Kier alpha value is -2.74. The van der Waals surface area contributed by atoms with Gasteiger partial charge in [0.25, 0.3) is 10.0 Å². The summed E-state index contributed by atoms with van der Waals surface area (Å²) in [4.78, 5) is 16.5. The van der Waals surface area contributed by atoms with Crippen LogP contribution >= 0.6 is 0 Å². The van der Waals surface area contributed by atoms with E-state index in [1.807, 2.05) is 0 Å². The maximum Gasteiger partial charge on any atom is 0.285 e.